The van der Waals surface area contributed by atoms with Crippen LogP contribution in [0.5, 0.6) is 0 Å². The summed E-state index contributed by atoms with van der Waals surface area (Å²) in [6.07, 6.45) is 6.69. The maximum absolute atomic E-state index is 6.29. The number of nitrogens with one attached hydrogen (secondary N) is 1. The fourth-order valence-corrected chi connectivity index (χ4v) is 4.40. The zero-order valence-corrected chi connectivity index (χ0v) is 15.0. The van der Waals surface area contributed by atoms with E-state index >= 15 is 0 Å². The van der Waals surface area contributed by atoms with Crippen LogP contribution in [0, 0.1) is 5.92 Å². The molecule has 4 heteroatoms. The van der Waals surface area contributed by atoms with Crippen molar-refractivity contribution in [2.45, 2.75) is 44.2 Å². The molecule has 0 aromatic heterocycles. The molecule has 2 atom stereocenters. The van der Waals surface area contributed by atoms with Gasteiger partial charge in [0.15, 0.2) is 0 Å². The Hall–Kier alpha value is -0.0900. The minimum atomic E-state index is 0.487. The summed E-state index contributed by atoms with van der Waals surface area (Å²) in [5, 5.41) is 4.25. The van der Waals surface area contributed by atoms with Gasteiger partial charge >= 0.3 is 0 Å². The molecule has 1 aromatic carbocycles. The molecule has 1 N–H and O–H groups in total. The van der Waals surface area contributed by atoms with E-state index in [1.165, 1.54) is 48.7 Å². The lowest BCUT2D eigenvalue weighted by Crippen LogP contribution is -2.38. The lowest BCUT2D eigenvalue weighted by atomic mass is 9.89. The van der Waals surface area contributed by atoms with E-state index in [0.29, 0.717) is 12.0 Å². The van der Waals surface area contributed by atoms with E-state index in [1.807, 2.05) is 6.07 Å². The molecule has 1 aromatic rings. The molecule has 0 bridgehead atoms. The largest absolute Gasteiger partial charge is 0.319 e. The summed E-state index contributed by atoms with van der Waals surface area (Å²) in [6.45, 7) is 2.31. The van der Waals surface area contributed by atoms with Gasteiger partial charge in [0.25, 0.3) is 0 Å². The monoisotopic (exact) mass is 370 g/mol. The third-order valence-corrected chi connectivity index (χ3v) is 5.76. The van der Waals surface area contributed by atoms with E-state index in [2.05, 4.69) is 45.3 Å². The van der Waals surface area contributed by atoms with Gasteiger partial charge in [-0.05, 0) is 75.5 Å². The summed E-state index contributed by atoms with van der Waals surface area (Å²) in [5.74, 6) is 0.660. The molecule has 2 unspecified atom stereocenters. The third-order valence-electron chi connectivity index (χ3n) is 4.80. The minimum absolute atomic E-state index is 0.487. The van der Waals surface area contributed by atoms with E-state index < -0.39 is 0 Å². The number of nitrogens with zero attached hydrogens (tertiary/aromatic N) is 1. The van der Waals surface area contributed by atoms with E-state index in [0.717, 1.165) is 17.6 Å². The van der Waals surface area contributed by atoms with Crippen LogP contribution in [-0.4, -0.2) is 31.1 Å². The van der Waals surface area contributed by atoms with Crippen LogP contribution >= 0.6 is 27.5 Å². The van der Waals surface area contributed by atoms with E-state index in [4.69, 9.17) is 11.6 Å². The Morgan fingerprint density at radius 3 is 2.81 bits per heavy atom. The summed E-state index contributed by atoms with van der Waals surface area (Å²) >= 11 is 10.1. The van der Waals surface area contributed by atoms with Crippen LogP contribution in [0.3, 0.4) is 0 Å². The molecular formula is C17H24BrClN2. The Morgan fingerprint density at radius 1 is 1.29 bits per heavy atom. The predicted molar refractivity (Wildman–Crippen MR) is 92.9 cm³/mol. The van der Waals surface area contributed by atoms with Crippen LogP contribution in [-0.2, 0) is 0 Å². The summed E-state index contributed by atoms with van der Waals surface area (Å²) in [6, 6.07) is 7.52. The van der Waals surface area contributed by atoms with Gasteiger partial charge < -0.3 is 5.32 Å². The van der Waals surface area contributed by atoms with E-state index in [9.17, 15) is 0 Å². The molecule has 21 heavy (non-hydrogen) atoms. The van der Waals surface area contributed by atoms with Gasteiger partial charge in [0.05, 0.1) is 0 Å². The van der Waals surface area contributed by atoms with Crippen LogP contribution in [0.4, 0.5) is 0 Å². The van der Waals surface area contributed by atoms with E-state index in [-0.39, 0.29) is 0 Å². The first-order chi connectivity index (χ1) is 10.2. The average Bonchev–Trinajstić information content (AvgIpc) is 3.28. The number of likely N-dealkylation sites (tertiary alicyclic amines) is 1. The van der Waals surface area contributed by atoms with Gasteiger partial charge in [-0.15, -0.1) is 0 Å². The topological polar surface area (TPSA) is 15.3 Å². The van der Waals surface area contributed by atoms with Crippen molar-refractivity contribution in [1.82, 2.24) is 10.2 Å². The highest BCUT2D eigenvalue weighted by Crippen LogP contribution is 2.44. The summed E-state index contributed by atoms with van der Waals surface area (Å²) in [5.41, 5.74) is 1.37. The zero-order valence-electron chi connectivity index (χ0n) is 12.6. The van der Waals surface area contributed by atoms with E-state index in [1.54, 1.807) is 0 Å². The fourth-order valence-electron chi connectivity index (χ4n) is 3.73. The minimum Gasteiger partial charge on any atom is -0.319 e. The molecule has 0 radical (unpaired) electrons. The van der Waals surface area contributed by atoms with Crippen LogP contribution in [0.25, 0.3) is 0 Å². The molecule has 1 heterocycles. The molecule has 116 valence electrons. The van der Waals surface area contributed by atoms with Crippen molar-refractivity contribution in [3.63, 3.8) is 0 Å². The van der Waals surface area contributed by atoms with Crippen molar-refractivity contribution in [2.24, 2.45) is 5.92 Å². The smallest absolute Gasteiger partial charge is 0.0410 e. The van der Waals surface area contributed by atoms with Crippen LogP contribution < -0.4 is 5.32 Å². The molecule has 3 rings (SSSR count). The van der Waals surface area contributed by atoms with Gasteiger partial charge in [0, 0.05) is 21.6 Å². The zero-order chi connectivity index (χ0) is 14.8. The van der Waals surface area contributed by atoms with Crippen molar-refractivity contribution < 1.29 is 0 Å². The summed E-state index contributed by atoms with van der Waals surface area (Å²) < 4.78 is 1.20. The Kier molecular flexibility index (Phi) is 5.26. The number of benzene rings is 1. The molecule has 1 saturated carbocycles. The molecular weight excluding hydrogens is 348 g/mol. The second-order valence-electron chi connectivity index (χ2n) is 6.39. The SMILES string of the molecule is CNCC1CCCCN(C2CC2)C1c1cc(Cl)ccc1Br. The highest BCUT2D eigenvalue weighted by Gasteiger charge is 2.39. The van der Waals surface area contributed by atoms with Gasteiger partial charge in [-0.25, -0.2) is 0 Å². The van der Waals surface area contributed by atoms with Crippen molar-refractivity contribution >= 4 is 27.5 Å². The average molecular weight is 372 g/mol. The van der Waals surface area contributed by atoms with Gasteiger partial charge in [-0.1, -0.05) is 34.0 Å². The van der Waals surface area contributed by atoms with Gasteiger partial charge in [0.2, 0.25) is 0 Å². The van der Waals surface area contributed by atoms with Crippen molar-refractivity contribution in [2.75, 3.05) is 20.1 Å². The first-order valence-electron chi connectivity index (χ1n) is 8.06. The lowest BCUT2D eigenvalue weighted by Gasteiger charge is -2.36. The first kappa shape index (κ1) is 15.8. The lowest BCUT2D eigenvalue weighted by molar-refractivity contribution is 0.145. The molecule has 1 aliphatic carbocycles. The Balaban J connectivity index is 1.98. The predicted octanol–water partition coefficient (Wildman–Crippen LogP) is 4.63. The molecule has 2 fully saturated rings. The second-order valence-corrected chi connectivity index (χ2v) is 7.68. The van der Waals surface area contributed by atoms with Crippen LogP contribution in [0.1, 0.15) is 43.7 Å². The summed E-state index contributed by atoms with van der Waals surface area (Å²) in [4.78, 5) is 2.76. The summed E-state index contributed by atoms with van der Waals surface area (Å²) in [7, 11) is 2.07. The maximum Gasteiger partial charge on any atom is 0.0410 e. The first-order valence-corrected chi connectivity index (χ1v) is 9.23. The van der Waals surface area contributed by atoms with Crippen molar-refractivity contribution in [3.05, 3.63) is 33.3 Å². The molecule has 2 nitrogen and oxygen atoms in total. The standard InChI is InChI=1S/C17H24BrClN2/c1-20-11-12-4-2-3-9-21(14-6-7-14)17(12)15-10-13(19)5-8-16(15)18/h5,8,10,12,14,17,20H,2-4,6-7,9,11H2,1H3. The molecule has 1 aliphatic heterocycles. The molecule has 1 saturated heterocycles. The number of hydrogen-bond acceptors (Lipinski definition) is 2. The third kappa shape index (κ3) is 3.64. The normalized spacial score (nSPS) is 27.6. The van der Waals surface area contributed by atoms with Crippen molar-refractivity contribution in [1.29, 1.82) is 0 Å². The van der Waals surface area contributed by atoms with Gasteiger partial charge in [-0.2, -0.15) is 0 Å². The molecule has 0 amide bonds. The molecule has 0 spiro atoms. The highest BCUT2D eigenvalue weighted by molar-refractivity contribution is 9.10. The van der Waals surface area contributed by atoms with Crippen LogP contribution in [0.15, 0.2) is 22.7 Å². The second kappa shape index (κ2) is 6.99. The Labute approximate surface area is 141 Å². The molecule has 2 aliphatic rings. The fraction of sp³-hybridized carbons (Fsp3) is 0.647. The number of rotatable bonds is 4. The number of hydrogen-bond donors (Lipinski definition) is 1. The highest BCUT2D eigenvalue weighted by atomic mass is 79.9. The maximum atomic E-state index is 6.29. The number of halogens is 2. The Morgan fingerprint density at radius 2 is 2.10 bits per heavy atom. The van der Waals surface area contributed by atoms with Crippen LogP contribution in [0.2, 0.25) is 5.02 Å². The van der Waals surface area contributed by atoms with Crippen molar-refractivity contribution in [3.8, 4) is 0 Å². The Bertz CT molecular complexity index is 490. The quantitative estimate of drug-likeness (QED) is 0.830. The van der Waals surface area contributed by atoms with Gasteiger partial charge in [0.1, 0.15) is 0 Å². The van der Waals surface area contributed by atoms with Gasteiger partial charge in [-0.3, -0.25) is 4.90 Å².